The summed E-state index contributed by atoms with van der Waals surface area (Å²) in [5.74, 6) is -0.923. The Bertz CT molecular complexity index is 1410. The summed E-state index contributed by atoms with van der Waals surface area (Å²) >= 11 is 0. The van der Waals surface area contributed by atoms with E-state index >= 15 is 0 Å². The highest BCUT2D eigenvalue weighted by Gasteiger charge is 2.65. The molecule has 1 N–H and O–H groups in total. The van der Waals surface area contributed by atoms with Crippen molar-refractivity contribution in [1.82, 2.24) is 4.83 Å². The number of hydrogen-bond donors (Lipinski definition) is 1. The Morgan fingerprint density at radius 2 is 1.82 bits per heavy atom. The quantitative estimate of drug-likeness (QED) is 0.337. The minimum Gasteiger partial charge on any atom is -0.458 e. The van der Waals surface area contributed by atoms with Crippen molar-refractivity contribution >= 4 is 21.7 Å². The van der Waals surface area contributed by atoms with Crippen LogP contribution in [-0.4, -0.2) is 45.2 Å². The first-order valence-corrected chi connectivity index (χ1v) is 15.2. The molecular weight excluding hydrogens is 516 g/mol. The van der Waals surface area contributed by atoms with Crippen LogP contribution >= 0.6 is 0 Å². The number of hydrogen-bond acceptors (Lipinski definition) is 7. The third kappa shape index (κ3) is 4.12. The van der Waals surface area contributed by atoms with Crippen molar-refractivity contribution in [3.05, 3.63) is 65.8 Å². The third-order valence-electron chi connectivity index (χ3n) is 9.71. The van der Waals surface area contributed by atoms with Gasteiger partial charge < -0.3 is 14.2 Å². The standard InChI is InChI=1S/C30H36N2O6S/c1-19-5-7-23(8-6-19)39(34,35)32-31-26-18-21-17-22(38-20(2)33)9-12-28(21,3)24-10-13-29(4)25(27(24)26)11-14-30(29)36-15-16-37-30/h5-9,11-12,14,18,22,24-25,27,32H,10,13,15-17H2,1-4H3/t22?,24?,25?,27?,28-,29-/m0/s1. The molecule has 208 valence electrons. The Balaban J connectivity index is 1.42. The molecule has 0 aromatic heterocycles. The van der Waals surface area contributed by atoms with Gasteiger partial charge in [-0.05, 0) is 62.0 Å². The molecule has 0 radical (unpaired) electrons. The number of nitrogens with zero attached hydrogens (tertiary/aromatic N) is 1. The number of aryl methyl sites for hydroxylation is 1. The molecule has 6 rings (SSSR count). The zero-order valence-corrected chi connectivity index (χ0v) is 23.7. The van der Waals surface area contributed by atoms with Gasteiger partial charge in [0.25, 0.3) is 10.0 Å². The third-order valence-corrected chi connectivity index (χ3v) is 10.9. The van der Waals surface area contributed by atoms with Crippen LogP contribution in [0.1, 0.15) is 45.6 Å². The minimum atomic E-state index is -3.86. The average molecular weight is 553 g/mol. The number of carbonyl (C=O) groups excluding carboxylic acids is 1. The first kappa shape index (κ1) is 26.5. The molecule has 1 heterocycles. The van der Waals surface area contributed by atoms with Gasteiger partial charge in [0, 0.05) is 30.1 Å². The summed E-state index contributed by atoms with van der Waals surface area (Å²) in [6, 6.07) is 6.71. The molecule has 1 saturated heterocycles. The largest absolute Gasteiger partial charge is 0.458 e. The summed E-state index contributed by atoms with van der Waals surface area (Å²) in [7, 11) is -3.86. The summed E-state index contributed by atoms with van der Waals surface area (Å²) < 4.78 is 44.4. The zero-order valence-electron chi connectivity index (χ0n) is 22.8. The van der Waals surface area contributed by atoms with Crippen LogP contribution in [-0.2, 0) is 29.0 Å². The van der Waals surface area contributed by atoms with E-state index in [1.165, 1.54) is 6.92 Å². The van der Waals surface area contributed by atoms with Crippen LogP contribution in [0.15, 0.2) is 70.2 Å². The molecule has 1 spiro atoms. The summed E-state index contributed by atoms with van der Waals surface area (Å²) in [4.78, 5) is 14.4. The normalized spacial score (nSPS) is 37.2. The molecule has 39 heavy (non-hydrogen) atoms. The second-order valence-corrected chi connectivity index (χ2v) is 13.6. The van der Waals surface area contributed by atoms with Crippen LogP contribution in [0.2, 0.25) is 0 Å². The fourth-order valence-corrected chi connectivity index (χ4v) is 8.40. The summed E-state index contributed by atoms with van der Waals surface area (Å²) in [6.45, 7) is 8.90. The highest BCUT2D eigenvalue weighted by atomic mass is 32.2. The first-order chi connectivity index (χ1) is 18.5. The lowest BCUT2D eigenvalue weighted by molar-refractivity contribution is -0.216. The molecule has 9 heteroatoms. The van der Waals surface area contributed by atoms with E-state index in [9.17, 15) is 13.2 Å². The minimum absolute atomic E-state index is 0.0474. The lowest BCUT2D eigenvalue weighted by Gasteiger charge is -2.57. The monoisotopic (exact) mass is 552 g/mol. The van der Waals surface area contributed by atoms with E-state index in [0.717, 1.165) is 24.0 Å². The molecule has 4 aliphatic carbocycles. The van der Waals surface area contributed by atoms with E-state index in [1.807, 2.05) is 19.1 Å². The van der Waals surface area contributed by atoms with Crippen LogP contribution in [0.3, 0.4) is 0 Å². The van der Waals surface area contributed by atoms with Crippen LogP contribution in [0.4, 0.5) is 0 Å². The topological polar surface area (TPSA) is 103 Å². The molecule has 1 aromatic rings. The van der Waals surface area contributed by atoms with Gasteiger partial charge in [0.05, 0.1) is 23.8 Å². The van der Waals surface area contributed by atoms with Crippen LogP contribution in [0.25, 0.3) is 0 Å². The Hall–Kier alpha value is -2.75. The molecule has 1 aromatic carbocycles. The Morgan fingerprint density at radius 1 is 1.10 bits per heavy atom. The van der Waals surface area contributed by atoms with E-state index in [1.54, 1.807) is 24.3 Å². The number of nitrogens with one attached hydrogen (secondary N) is 1. The molecule has 2 fully saturated rings. The second kappa shape index (κ2) is 9.14. The number of benzene rings is 1. The first-order valence-electron chi connectivity index (χ1n) is 13.7. The Morgan fingerprint density at radius 3 is 2.51 bits per heavy atom. The zero-order chi connectivity index (χ0) is 27.6. The van der Waals surface area contributed by atoms with E-state index in [0.29, 0.717) is 25.3 Å². The number of rotatable bonds is 4. The van der Waals surface area contributed by atoms with Crippen LogP contribution < -0.4 is 4.83 Å². The number of fused-ring (bicyclic) bond motifs is 6. The molecule has 5 aliphatic rings. The fraction of sp³-hybridized carbons (Fsp3) is 0.533. The number of esters is 1. The Labute approximate surface area is 230 Å². The predicted octanol–water partition coefficient (Wildman–Crippen LogP) is 4.43. The van der Waals surface area contributed by atoms with Gasteiger partial charge in [-0.15, -0.1) is 0 Å². The lowest BCUT2D eigenvalue weighted by Crippen LogP contribution is -2.57. The molecule has 1 aliphatic heterocycles. The van der Waals surface area contributed by atoms with Gasteiger partial charge in [-0.25, -0.2) is 0 Å². The predicted molar refractivity (Wildman–Crippen MR) is 146 cm³/mol. The van der Waals surface area contributed by atoms with E-state index in [-0.39, 0.29) is 45.6 Å². The van der Waals surface area contributed by atoms with Gasteiger partial charge in [-0.2, -0.15) is 18.4 Å². The van der Waals surface area contributed by atoms with Crippen molar-refractivity contribution < 1.29 is 27.4 Å². The SMILES string of the molecule is CC(=O)OC1C=C[C@@]2(C)C(=CC(=NNS(=O)(=O)c3ccc(C)cc3)C3C2CC[C@@]2(C)C3C=CC23OCCO3)C1. The van der Waals surface area contributed by atoms with Gasteiger partial charge in [0.2, 0.25) is 0 Å². The maximum Gasteiger partial charge on any atom is 0.303 e. The number of hydrazone groups is 1. The van der Waals surface area contributed by atoms with Crippen molar-refractivity contribution in [3.8, 4) is 0 Å². The summed E-state index contributed by atoms with van der Waals surface area (Å²) in [6.07, 6.45) is 12.5. The number of ether oxygens (including phenoxy) is 3. The molecule has 1 saturated carbocycles. The molecule has 4 unspecified atom stereocenters. The van der Waals surface area contributed by atoms with Crippen molar-refractivity contribution in [1.29, 1.82) is 0 Å². The smallest absolute Gasteiger partial charge is 0.303 e. The van der Waals surface area contributed by atoms with Crippen molar-refractivity contribution in [3.63, 3.8) is 0 Å². The van der Waals surface area contributed by atoms with Crippen molar-refractivity contribution in [2.24, 2.45) is 33.7 Å². The average Bonchev–Trinajstić information content (AvgIpc) is 3.49. The molecule has 0 amide bonds. The van der Waals surface area contributed by atoms with Crippen molar-refractivity contribution in [2.45, 2.75) is 63.7 Å². The van der Waals surface area contributed by atoms with Gasteiger partial charge in [-0.1, -0.05) is 49.3 Å². The van der Waals surface area contributed by atoms with E-state index in [2.05, 4.69) is 42.0 Å². The van der Waals surface area contributed by atoms with Gasteiger partial charge >= 0.3 is 5.97 Å². The molecule has 8 nitrogen and oxygen atoms in total. The molecule has 6 atom stereocenters. The maximum absolute atomic E-state index is 13.2. The number of allylic oxidation sites excluding steroid dienone is 3. The highest BCUT2D eigenvalue weighted by Crippen LogP contribution is 2.65. The van der Waals surface area contributed by atoms with Gasteiger partial charge in [-0.3, -0.25) is 4.79 Å². The maximum atomic E-state index is 13.2. The van der Waals surface area contributed by atoms with E-state index < -0.39 is 15.8 Å². The lowest BCUT2D eigenvalue weighted by atomic mass is 9.48. The number of carbonyl (C=O) groups is 1. The summed E-state index contributed by atoms with van der Waals surface area (Å²) in [5.41, 5.74) is 2.20. The van der Waals surface area contributed by atoms with E-state index in [4.69, 9.17) is 14.2 Å². The fourth-order valence-electron chi connectivity index (χ4n) is 7.58. The highest BCUT2D eigenvalue weighted by molar-refractivity contribution is 7.89. The second-order valence-electron chi connectivity index (χ2n) is 11.9. The Kier molecular flexibility index (Phi) is 6.21. The van der Waals surface area contributed by atoms with Crippen LogP contribution in [0.5, 0.6) is 0 Å². The molecule has 0 bridgehead atoms. The number of sulfonamides is 1. The summed E-state index contributed by atoms with van der Waals surface area (Å²) in [5, 5.41) is 4.61. The molecular formula is C30H36N2O6S. The van der Waals surface area contributed by atoms with Gasteiger partial charge in [0.15, 0.2) is 5.79 Å². The van der Waals surface area contributed by atoms with Crippen molar-refractivity contribution in [2.75, 3.05) is 13.2 Å². The van der Waals surface area contributed by atoms with Gasteiger partial charge in [0.1, 0.15) is 6.10 Å². The van der Waals surface area contributed by atoms with Crippen LogP contribution in [0, 0.1) is 35.5 Å².